The van der Waals surface area contributed by atoms with Crippen LogP contribution in [0, 0.1) is 12.8 Å². The van der Waals surface area contributed by atoms with Gasteiger partial charge in [0, 0.05) is 44.4 Å². The molecule has 2 aliphatic heterocycles. The van der Waals surface area contributed by atoms with Crippen molar-refractivity contribution in [2.24, 2.45) is 13.0 Å². The molecule has 11 nitrogen and oxygen atoms in total. The molecule has 2 N–H and O–H groups in total. The Kier molecular flexibility index (Phi) is 6.36. The summed E-state index contributed by atoms with van der Waals surface area (Å²) in [6.45, 7) is 3.70. The van der Waals surface area contributed by atoms with Crippen LogP contribution in [0.4, 0.5) is 11.4 Å². The summed E-state index contributed by atoms with van der Waals surface area (Å²) < 4.78 is 3.33. The zero-order chi connectivity index (χ0) is 26.2. The number of hydrogen-bond donors (Lipinski definition) is 2. The number of carbonyl (C=O) groups is 2. The predicted molar refractivity (Wildman–Crippen MR) is 143 cm³/mol. The van der Waals surface area contributed by atoms with Gasteiger partial charge in [-0.15, -0.1) is 0 Å². The second kappa shape index (κ2) is 9.97. The first-order valence-electron chi connectivity index (χ1n) is 13.1. The van der Waals surface area contributed by atoms with Crippen LogP contribution in [0.25, 0.3) is 16.8 Å². The summed E-state index contributed by atoms with van der Waals surface area (Å²) >= 11 is 0. The minimum atomic E-state index is -0.329. The van der Waals surface area contributed by atoms with Gasteiger partial charge in [0.05, 0.1) is 64.8 Å². The van der Waals surface area contributed by atoms with E-state index in [2.05, 4.69) is 35.7 Å². The molecule has 1 saturated carbocycles. The van der Waals surface area contributed by atoms with Gasteiger partial charge in [0.15, 0.2) is 0 Å². The predicted octanol–water partition coefficient (Wildman–Crippen LogP) is 3.29. The standard InChI is InChI=1S/C27H31N9O2/c1-17-23(9-20(11-28-17)32-26(37)7-8-35-14-18-3-5-21(35)6-4-18)33-27(38)22-12-31-36-16-24(29-13-25(22)36)19-10-30-34(2)15-19/h9-13,15-16,18,21H,3-8,14H2,1-2H3,(H,32,37)(H,33,38). The van der Waals surface area contributed by atoms with E-state index in [0.717, 1.165) is 24.6 Å². The Morgan fingerprint density at radius 1 is 1.00 bits per heavy atom. The second-order valence-electron chi connectivity index (χ2n) is 10.3. The summed E-state index contributed by atoms with van der Waals surface area (Å²) in [5, 5.41) is 14.4. The quantitative estimate of drug-likeness (QED) is 0.389. The van der Waals surface area contributed by atoms with Crippen LogP contribution < -0.4 is 10.6 Å². The van der Waals surface area contributed by atoms with Crippen molar-refractivity contribution in [3.8, 4) is 11.3 Å². The van der Waals surface area contributed by atoms with E-state index < -0.39 is 0 Å². The molecule has 0 unspecified atom stereocenters. The molecule has 3 fully saturated rings. The lowest BCUT2D eigenvalue weighted by atomic mass is 9.80. The summed E-state index contributed by atoms with van der Waals surface area (Å²) in [4.78, 5) is 37.1. The van der Waals surface area contributed by atoms with Gasteiger partial charge in [-0.05, 0) is 44.6 Å². The Bertz CT molecular complexity index is 1500. The number of anilines is 2. The highest BCUT2D eigenvalue weighted by molar-refractivity contribution is 6.09. The topological polar surface area (TPSA) is 122 Å². The fourth-order valence-electron chi connectivity index (χ4n) is 5.59. The zero-order valence-electron chi connectivity index (χ0n) is 21.6. The van der Waals surface area contributed by atoms with Crippen molar-refractivity contribution in [3.05, 3.63) is 54.5 Å². The van der Waals surface area contributed by atoms with E-state index in [1.54, 1.807) is 40.1 Å². The largest absolute Gasteiger partial charge is 0.325 e. The van der Waals surface area contributed by atoms with Crippen molar-refractivity contribution in [3.63, 3.8) is 0 Å². The number of nitrogens with zero attached hydrogens (tertiary/aromatic N) is 7. The van der Waals surface area contributed by atoms with Gasteiger partial charge in [-0.3, -0.25) is 29.1 Å². The summed E-state index contributed by atoms with van der Waals surface area (Å²) in [6.07, 6.45) is 15.7. The smallest absolute Gasteiger partial charge is 0.259 e. The van der Waals surface area contributed by atoms with Crippen LogP contribution in [-0.2, 0) is 11.8 Å². The number of aromatic nitrogens is 6. The summed E-state index contributed by atoms with van der Waals surface area (Å²) in [5.74, 6) is 0.416. The van der Waals surface area contributed by atoms with Gasteiger partial charge in [-0.1, -0.05) is 0 Å². The van der Waals surface area contributed by atoms with Gasteiger partial charge in [-0.25, -0.2) is 4.52 Å². The van der Waals surface area contributed by atoms with Crippen molar-refractivity contribution >= 4 is 28.7 Å². The van der Waals surface area contributed by atoms with Crippen molar-refractivity contribution in [2.75, 3.05) is 23.7 Å². The van der Waals surface area contributed by atoms with Gasteiger partial charge >= 0.3 is 0 Å². The summed E-state index contributed by atoms with van der Waals surface area (Å²) in [7, 11) is 1.84. The Labute approximate surface area is 220 Å². The van der Waals surface area contributed by atoms with E-state index in [4.69, 9.17) is 0 Å². The number of fused-ring (bicyclic) bond motifs is 4. The fraction of sp³-hybridized carbons (Fsp3) is 0.407. The fourth-order valence-corrected chi connectivity index (χ4v) is 5.59. The van der Waals surface area contributed by atoms with E-state index in [0.29, 0.717) is 46.3 Å². The number of hydrogen-bond acceptors (Lipinski definition) is 7. The van der Waals surface area contributed by atoms with Crippen LogP contribution in [0.1, 0.15) is 48.2 Å². The molecular weight excluding hydrogens is 482 g/mol. The third kappa shape index (κ3) is 4.89. The molecule has 3 aliphatic rings. The summed E-state index contributed by atoms with van der Waals surface area (Å²) in [5.41, 5.74) is 4.27. The molecule has 2 bridgehead atoms. The SMILES string of the molecule is Cc1ncc(NC(=O)CCN2CC3CCC2CC3)cc1NC(=O)c1cnn2cc(-c3cnn(C)c3)ncc12. The molecule has 11 heteroatoms. The van der Waals surface area contributed by atoms with E-state index >= 15 is 0 Å². The van der Waals surface area contributed by atoms with Crippen LogP contribution in [0.3, 0.4) is 0 Å². The Morgan fingerprint density at radius 2 is 1.84 bits per heavy atom. The molecule has 0 aromatic carbocycles. The van der Waals surface area contributed by atoms with Crippen LogP contribution in [0.15, 0.2) is 43.2 Å². The number of rotatable bonds is 7. The normalized spacial score (nSPS) is 19.1. The lowest BCUT2D eigenvalue weighted by Gasteiger charge is -2.45. The second-order valence-corrected chi connectivity index (χ2v) is 10.3. The average molecular weight is 514 g/mol. The molecule has 0 atom stereocenters. The lowest BCUT2D eigenvalue weighted by molar-refractivity contribution is -0.117. The number of amides is 2. The molecule has 0 radical (unpaired) electrons. The maximum Gasteiger partial charge on any atom is 0.259 e. The van der Waals surface area contributed by atoms with Crippen LogP contribution in [0.2, 0.25) is 0 Å². The van der Waals surface area contributed by atoms with E-state index in [1.807, 2.05) is 20.2 Å². The molecule has 4 aromatic heterocycles. The van der Waals surface area contributed by atoms with Crippen LogP contribution >= 0.6 is 0 Å². The molecular formula is C27H31N9O2. The first-order chi connectivity index (χ1) is 18.4. The van der Waals surface area contributed by atoms with Crippen molar-refractivity contribution in [1.82, 2.24) is 34.3 Å². The number of carbonyl (C=O) groups excluding carboxylic acids is 2. The molecule has 0 spiro atoms. The van der Waals surface area contributed by atoms with Crippen molar-refractivity contribution in [2.45, 2.75) is 45.1 Å². The number of piperidine rings is 2. The van der Waals surface area contributed by atoms with Gasteiger partial charge in [0.2, 0.25) is 5.91 Å². The molecule has 4 aromatic rings. The van der Waals surface area contributed by atoms with E-state index in [9.17, 15) is 9.59 Å². The maximum atomic E-state index is 13.1. The molecule has 2 amide bonds. The minimum absolute atomic E-state index is 0.0486. The highest BCUT2D eigenvalue weighted by Crippen LogP contribution is 2.34. The Morgan fingerprint density at radius 3 is 2.58 bits per heavy atom. The first kappa shape index (κ1) is 24.2. The van der Waals surface area contributed by atoms with Crippen molar-refractivity contribution in [1.29, 1.82) is 0 Å². The Balaban J connectivity index is 1.11. The number of aryl methyl sites for hydroxylation is 2. The highest BCUT2D eigenvalue weighted by atomic mass is 16.2. The van der Waals surface area contributed by atoms with Gasteiger partial charge < -0.3 is 10.6 Å². The third-order valence-electron chi connectivity index (χ3n) is 7.72. The summed E-state index contributed by atoms with van der Waals surface area (Å²) in [6, 6.07) is 2.37. The van der Waals surface area contributed by atoms with E-state index in [1.165, 1.54) is 31.9 Å². The Hall–Kier alpha value is -4.12. The molecule has 2 saturated heterocycles. The van der Waals surface area contributed by atoms with Crippen molar-refractivity contribution < 1.29 is 9.59 Å². The lowest BCUT2D eigenvalue weighted by Crippen LogP contribution is -2.48. The molecule has 196 valence electrons. The third-order valence-corrected chi connectivity index (χ3v) is 7.72. The zero-order valence-corrected chi connectivity index (χ0v) is 21.6. The minimum Gasteiger partial charge on any atom is -0.325 e. The molecule has 6 heterocycles. The van der Waals surface area contributed by atoms with Crippen LogP contribution in [0.5, 0.6) is 0 Å². The number of pyridine rings is 1. The maximum absolute atomic E-state index is 13.1. The first-order valence-corrected chi connectivity index (χ1v) is 13.1. The molecule has 7 rings (SSSR count). The average Bonchev–Trinajstić information content (AvgIpc) is 3.56. The highest BCUT2D eigenvalue weighted by Gasteiger charge is 2.33. The van der Waals surface area contributed by atoms with Gasteiger partial charge in [-0.2, -0.15) is 10.2 Å². The van der Waals surface area contributed by atoms with Gasteiger partial charge in [0.25, 0.3) is 5.91 Å². The molecule has 38 heavy (non-hydrogen) atoms. The van der Waals surface area contributed by atoms with Crippen LogP contribution in [-0.4, -0.2) is 65.2 Å². The van der Waals surface area contributed by atoms with E-state index in [-0.39, 0.29) is 11.8 Å². The number of nitrogens with one attached hydrogen (secondary N) is 2. The molecule has 1 aliphatic carbocycles. The monoisotopic (exact) mass is 513 g/mol. The van der Waals surface area contributed by atoms with Gasteiger partial charge in [0.1, 0.15) is 0 Å².